The topological polar surface area (TPSA) is 12.0 Å². The lowest BCUT2D eigenvalue weighted by Crippen LogP contribution is -2.11. The van der Waals surface area contributed by atoms with E-state index in [1.54, 1.807) is 12.1 Å². The SMILES string of the molecule is Fc1ccc(-c2ccc3c(c2)CCCN3)cc1Cl. The first-order valence-corrected chi connectivity index (χ1v) is 6.44. The predicted octanol–water partition coefficient (Wildman–Crippen LogP) is 4.50. The van der Waals surface area contributed by atoms with Crippen molar-refractivity contribution in [1.29, 1.82) is 0 Å². The largest absolute Gasteiger partial charge is 0.385 e. The first kappa shape index (κ1) is 11.5. The molecule has 0 aliphatic carbocycles. The van der Waals surface area contributed by atoms with E-state index in [0.717, 1.165) is 30.5 Å². The van der Waals surface area contributed by atoms with E-state index in [2.05, 4.69) is 17.4 Å². The summed E-state index contributed by atoms with van der Waals surface area (Å²) >= 11 is 5.82. The molecular formula is C15H13ClFN. The molecular weight excluding hydrogens is 249 g/mol. The minimum Gasteiger partial charge on any atom is -0.385 e. The normalized spacial score (nSPS) is 13.9. The van der Waals surface area contributed by atoms with E-state index in [0.29, 0.717) is 0 Å². The third kappa shape index (κ3) is 2.08. The molecule has 92 valence electrons. The average molecular weight is 262 g/mol. The van der Waals surface area contributed by atoms with Gasteiger partial charge in [0, 0.05) is 12.2 Å². The van der Waals surface area contributed by atoms with Gasteiger partial charge in [0.15, 0.2) is 0 Å². The second kappa shape index (κ2) is 4.62. The van der Waals surface area contributed by atoms with E-state index in [9.17, 15) is 4.39 Å². The van der Waals surface area contributed by atoms with Gasteiger partial charge in [-0.3, -0.25) is 0 Å². The summed E-state index contributed by atoms with van der Waals surface area (Å²) in [5.74, 6) is -0.375. The van der Waals surface area contributed by atoms with Crippen molar-refractivity contribution in [1.82, 2.24) is 0 Å². The molecule has 0 atom stereocenters. The van der Waals surface area contributed by atoms with Gasteiger partial charge >= 0.3 is 0 Å². The number of rotatable bonds is 1. The van der Waals surface area contributed by atoms with Crippen LogP contribution in [0.25, 0.3) is 11.1 Å². The zero-order valence-electron chi connectivity index (χ0n) is 9.84. The lowest BCUT2D eigenvalue weighted by molar-refractivity contribution is 0.628. The van der Waals surface area contributed by atoms with Crippen LogP contribution in [0.3, 0.4) is 0 Å². The van der Waals surface area contributed by atoms with E-state index < -0.39 is 0 Å². The molecule has 0 radical (unpaired) electrons. The van der Waals surface area contributed by atoms with Gasteiger partial charge in [0.05, 0.1) is 5.02 Å². The van der Waals surface area contributed by atoms with Crippen molar-refractivity contribution >= 4 is 17.3 Å². The number of hydrogen-bond donors (Lipinski definition) is 1. The van der Waals surface area contributed by atoms with Crippen LogP contribution in [0.15, 0.2) is 36.4 Å². The summed E-state index contributed by atoms with van der Waals surface area (Å²) in [6, 6.07) is 11.1. The number of aryl methyl sites for hydroxylation is 1. The third-order valence-corrected chi connectivity index (χ3v) is 3.59. The second-order valence-corrected chi connectivity index (χ2v) is 4.94. The fourth-order valence-electron chi connectivity index (χ4n) is 2.33. The molecule has 0 bridgehead atoms. The standard InChI is InChI=1S/C15H13ClFN/c16-13-9-11(3-5-14(13)17)10-4-6-15-12(8-10)2-1-7-18-15/h3-6,8-9,18H,1-2,7H2. The maximum Gasteiger partial charge on any atom is 0.141 e. The van der Waals surface area contributed by atoms with Crippen LogP contribution in [-0.2, 0) is 6.42 Å². The molecule has 18 heavy (non-hydrogen) atoms. The highest BCUT2D eigenvalue weighted by Crippen LogP contribution is 2.30. The molecule has 3 rings (SSSR count). The first-order valence-electron chi connectivity index (χ1n) is 6.06. The molecule has 0 aromatic heterocycles. The molecule has 0 spiro atoms. The minimum absolute atomic E-state index is 0.170. The van der Waals surface area contributed by atoms with Crippen molar-refractivity contribution in [2.45, 2.75) is 12.8 Å². The Kier molecular flexibility index (Phi) is 2.96. The Morgan fingerprint density at radius 3 is 2.67 bits per heavy atom. The van der Waals surface area contributed by atoms with Gasteiger partial charge in [-0.05, 0) is 53.8 Å². The van der Waals surface area contributed by atoms with Gasteiger partial charge in [-0.25, -0.2) is 4.39 Å². The summed E-state index contributed by atoms with van der Waals surface area (Å²) in [5, 5.41) is 3.55. The number of anilines is 1. The van der Waals surface area contributed by atoms with Gasteiger partial charge < -0.3 is 5.32 Å². The molecule has 0 unspecified atom stereocenters. The van der Waals surface area contributed by atoms with Crippen LogP contribution < -0.4 is 5.32 Å². The molecule has 0 amide bonds. The number of hydrogen-bond acceptors (Lipinski definition) is 1. The number of benzene rings is 2. The quantitative estimate of drug-likeness (QED) is 0.797. The fraction of sp³-hybridized carbons (Fsp3) is 0.200. The van der Waals surface area contributed by atoms with Crippen molar-refractivity contribution in [3.05, 3.63) is 52.8 Å². The van der Waals surface area contributed by atoms with Crippen molar-refractivity contribution in [3.63, 3.8) is 0 Å². The summed E-state index contributed by atoms with van der Waals surface area (Å²) in [6.45, 7) is 1.04. The predicted molar refractivity (Wildman–Crippen MR) is 73.7 cm³/mol. The summed E-state index contributed by atoms with van der Waals surface area (Å²) in [4.78, 5) is 0. The number of halogens is 2. The van der Waals surface area contributed by atoms with Crippen LogP contribution in [0, 0.1) is 5.82 Å². The lowest BCUT2D eigenvalue weighted by atomic mass is 9.97. The molecule has 0 saturated heterocycles. The Morgan fingerprint density at radius 1 is 1.06 bits per heavy atom. The van der Waals surface area contributed by atoms with E-state index in [4.69, 9.17) is 11.6 Å². The van der Waals surface area contributed by atoms with Crippen molar-refractivity contribution in [2.24, 2.45) is 0 Å². The summed E-state index contributed by atoms with van der Waals surface area (Å²) < 4.78 is 13.1. The Labute approximate surface area is 111 Å². The first-order chi connectivity index (χ1) is 8.74. The van der Waals surface area contributed by atoms with E-state index in [1.165, 1.54) is 17.3 Å². The monoisotopic (exact) mass is 261 g/mol. The average Bonchev–Trinajstić information content (AvgIpc) is 2.41. The van der Waals surface area contributed by atoms with Crippen LogP contribution >= 0.6 is 11.6 Å². The van der Waals surface area contributed by atoms with Gasteiger partial charge in [0.2, 0.25) is 0 Å². The van der Waals surface area contributed by atoms with Crippen LogP contribution in [0.5, 0.6) is 0 Å². The number of nitrogens with one attached hydrogen (secondary N) is 1. The van der Waals surface area contributed by atoms with E-state index in [-0.39, 0.29) is 10.8 Å². The maximum absolute atomic E-state index is 13.1. The molecule has 1 N–H and O–H groups in total. The van der Waals surface area contributed by atoms with Gasteiger partial charge in [-0.1, -0.05) is 23.7 Å². The third-order valence-electron chi connectivity index (χ3n) is 3.30. The molecule has 0 fully saturated rings. The van der Waals surface area contributed by atoms with Crippen molar-refractivity contribution in [3.8, 4) is 11.1 Å². The minimum atomic E-state index is -0.375. The highest BCUT2D eigenvalue weighted by atomic mass is 35.5. The van der Waals surface area contributed by atoms with Crippen molar-refractivity contribution in [2.75, 3.05) is 11.9 Å². The Balaban J connectivity index is 2.03. The van der Waals surface area contributed by atoms with Crippen molar-refractivity contribution < 1.29 is 4.39 Å². The van der Waals surface area contributed by atoms with Crippen LogP contribution in [0.1, 0.15) is 12.0 Å². The highest BCUT2D eigenvalue weighted by Gasteiger charge is 2.10. The molecule has 2 aromatic rings. The molecule has 1 aliphatic heterocycles. The molecule has 1 nitrogen and oxygen atoms in total. The Bertz CT molecular complexity index is 595. The van der Waals surface area contributed by atoms with Crippen LogP contribution in [0.2, 0.25) is 5.02 Å². The van der Waals surface area contributed by atoms with Gasteiger partial charge in [0.25, 0.3) is 0 Å². The molecule has 1 heterocycles. The molecule has 2 aromatic carbocycles. The zero-order valence-corrected chi connectivity index (χ0v) is 10.6. The summed E-state index contributed by atoms with van der Waals surface area (Å²) in [7, 11) is 0. The zero-order chi connectivity index (χ0) is 12.5. The smallest absolute Gasteiger partial charge is 0.141 e. The van der Waals surface area contributed by atoms with Crippen LogP contribution in [0.4, 0.5) is 10.1 Å². The Morgan fingerprint density at radius 2 is 1.83 bits per heavy atom. The Hall–Kier alpha value is -1.54. The second-order valence-electron chi connectivity index (χ2n) is 4.53. The molecule has 0 saturated carbocycles. The summed E-state index contributed by atoms with van der Waals surface area (Å²) in [6.07, 6.45) is 2.24. The van der Waals surface area contributed by atoms with Gasteiger partial charge in [-0.2, -0.15) is 0 Å². The number of fused-ring (bicyclic) bond motifs is 1. The van der Waals surface area contributed by atoms with E-state index >= 15 is 0 Å². The van der Waals surface area contributed by atoms with E-state index in [1.807, 2.05) is 6.07 Å². The summed E-state index contributed by atoms with van der Waals surface area (Å²) in [5.41, 5.74) is 4.56. The van der Waals surface area contributed by atoms with Gasteiger partial charge in [0.1, 0.15) is 5.82 Å². The molecule has 3 heteroatoms. The highest BCUT2D eigenvalue weighted by molar-refractivity contribution is 6.31. The molecule has 1 aliphatic rings. The van der Waals surface area contributed by atoms with Gasteiger partial charge in [-0.15, -0.1) is 0 Å². The van der Waals surface area contributed by atoms with Crippen LogP contribution in [-0.4, -0.2) is 6.54 Å². The lowest BCUT2D eigenvalue weighted by Gasteiger charge is -2.18. The maximum atomic E-state index is 13.1. The fourth-order valence-corrected chi connectivity index (χ4v) is 2.51.